The smallest absolute Gasteiger partial charge is 0.328 e. The average molecular weight is 591 g/mol. The van der Waals surface area contributed by atoms with E-state index in [2.05, 4.69) is 38.3 Å². The molecule has 0 spiro atoms. The molecule has 10 nitrogen and oxygen atoms in total. The van der Waals surface area contributed by atoms with Crippen LogP contribution in [0.25, 0.3) is 0 Å². The van der Waals surface area contributed by atoms with E-state index >= 15 is 0 Å². The number of carbonyl (C=O) groups is 3. The molecule has 4 unspecified atom stereocenters. The summed E-state index contributed by atoms with van der Waals surface area (Å²) in [5, 5.41) is 29.4. The number of carboxylic acid groups (broad SMARTS) is 2. The van der Waals surface area contributed by atoms with Crippen molar-refractivity contribution in [3.05, 3.63) is 70.2 Å². The van der Waals surface area contributed by atoms with E-state index in [1.165, 1.54) is 19.8 Å². The fraction of sp³-hybridized carbons (Fsp3) is 0.370. The molecule has 2 saturated heterocycles. The highest BCUT2D eigenvalue weighted by atomic mass is 79.9. The number of carboxylic acids is 2. The predicted octanol–water partition coefficient (Wildman–Crippen LogP) is 3.07. The fourth-order valence-electron chi connectivity index (χ4n) is 4.99. The minimum absolute atomic E-state index is 0.00920. The Kier molecular flexibility index (Phi) is 10.3. The number of hydrogen-bond donors (Lipinski definition) is 4. The van der Waals surface area contributed by atoms with Gasteiger partial charge in [0.1, 0.15) is 17.1 Å². The van der Waals surface area contributed by atoms with Gasteiger partial charge in [-0.2, -0.15) is 0 Å². The molecule has 4 N–H and O–H groups in total. The Balaban J connectivity index is 0.000000436. The van der Waals surface area contributed by atoms with Crippen molar-refractivity contribution in [3.63, 3.8) is 0 Å². The Labute approximate surface area is 229 Å². The van der Waals surface area contributed by atoms with Gasteiger partial charge in [-0.05, 0) is 52.9 Å². The Hall–Kier alpha value is -3.41. The second-order valence-electron chi connectivity index (χ2n) is 8.99. The molecule has 204 valence electrons. The molecule has 0 aromatic heterocycles. The van der Waals surface area contributed by atoms with Crippen LogP contribution < -0.4 is 14.8 Å². The number of aliphatic carboxylic acids is 2. The van der Waals surface area contributed by atoms with E-state index in [0.717, 1.165) is 25.8 Å². The van der Waals surface area contributed by atoms with Gasteiger partial charge in [-0.15, -0.1) is 0 Å². The van der Waals surface area contributed by atoms with Gasteiger partial charge >= 0.3 is 11.9 Å². The molecule has 2 fully saturated rings. The fourth-order valence-corrected chi connectivity index (χ4v) is 5.48. The molecule has 2 heterocycles. The molecule has 0 saturated carbocycles. The van der Waals surface area contributed by atoms with E-state index in [9.17, 15) is 19.5 Å². The topological polar surface area (TPSA) is 146 Å². The van der Waals surface area contributed by atoms with Gasteiger partial charge in [0.25, 0.3) is 5.91 Å². The maximum atomic E-state index is 13.1. The number of benzene rings is 2. The second kappa shape index (κ2) is 13.4. The first-order valence-electron chi connectivity index (χ1n) is 12.0. The van der Waals surface area contributed by atoms with Crippen LogP contribution in [-0.4, -0.2) is 76.5 Å². The highest BCUT2D eigenvalue weighted by Crippen LogP contribution is 2.39. The lowest BCUT2D eigenvalue weighted by atomic mass is 9.95. The maximum Gasteiger partial charge on any atom is 0.328 e. The number of nitrogens with zero attached hydrogens (tertiary/aromatic N) is 1. The molecule has 2 aromatic rings. The van der Waals surface area contributed by atoms with Crippen LogP contribution in [0.15, 0.2) is 59.1 Å². The highest BCUT2D eigenvalue weighted by Gasteiger charge is 2.46. The molecule has 4 rings (SSSR count). The Morgan fingerprint density at radius 1 is 1.00 bits per heavy atom. The number of halogens is 1. The van der Waals surface area contributed by atoms with E-state index in [1.54, 1.807) is 12.1 Å². The van der Waals surface area contributed by atoms with Gasteiger partial charge < -0.3 is 30.1 Å². The van der Waals surface area contributed by atoms with E-state index in [0.29, 0.717) is 33.7 Å². The van der Waals surface area contributed by atoms with Crippen LogP contribution in [0.2, 0.25) is 0 Å². The molecule has 38 heavy (non-hydrogen) atoms. The van der Waals surface area contributed by atoms with Gasteiger partial charge in [-0.1, -0.05) is 30.3 Å². The molecule has 11 heteroatoms. The van der Waals surface area contributed by atoms with Gasteiger partial charge in [0.05, 0.1) is 24.8 Å². The number of rotatable bonds is 8. The number of fused-ring (bicyclic) bond motifs is 2. The van der Waals surface area contributed by atoms with Crippen LogP contribution >= 0.6 is 15.9 Å². The molecule has 0 aliphatic carbocycles. The minimum atomic E-state index is -1.26. The molecular formula is C27H31BrN2O8. The number of nitrogens with one attached hydrogen (secondary N) is 1. The number of methoxy groups -OCH3 is 2. The van der Waals surface area contributed by atoms with E-state index in [-0.39, 0.29) is 30.1 Å². The number of hydrogen-bond acceptors (Lipinski definition) is 7. The Morgan fingerprint density at radius 3 is 2.21 bits per heavy atom. The summed E-state index contributed by atoms with van der Waals surface area (Å²) >= 11 is 3.44. The zero-order valence-electron chi connectivity index (χ0n) is 21.0. The molecule has 2 aliphatic heterocycles. The third-order valence-electron chi connectivity index (χ3n) is 6.57. The van der Waals surface area contributed by atoms with Gasteiger partial charge in [-0.3, -0.25) is 9.69 Å². The lowest BCUT2D eigenvalue weighted by molar-refractivity contribution is -0.134. The number of ether oxygens (including phenoxy) is 2. The van der Waals surface area contributed by atoms with Crippen LogP contribution in [0.5, 0.6) is 11.5 Å². The molecule has 0 radical (unpaired) electrons. The molecule has 2 aromatic carbocycles. The maximum absolute atomic E-state index is 13.1. The lowest BCUT2D eigenvalue weighted by Crippen LogP contribution is -2.51. The van der Waals surface area contributed by atoms with Crippen molar-refractivity contribution in [2.75, 3.05) is 14.2 Å². The summed E-state index contributed by atoms with van der Waals surface area (Å²) in [6.07, 6.45) is 3.02. The van der Waals surface area contributed by atoms with Crippen molar-refractivity contribution in [1.29, 1.82) is 0 Å². The molecule has 1 amide bonds. The quantitative estimate of drug-likeness (QED) is 0.341. The summed E-state index contributed by atoms with van der Waals surface area (Å²) in [6, 6.07) is 14.2. The monoisotopic (exact) mass is 590 g/mol. The van der Waals surface area contributed by atoms with Crippen LogP contribution in [0, 0.1) is 0 Å². The van der Waals surface area contributed by atoms with Crippen molar-refractivity contribution >= 4 is 33.8 Å². The largest absolute Gasteiger partial charge is 0.496 e. The first-order chi connectivity index (χ1) is 18.1. The third kappa shape index (κ3) is 7.33. The molecule has 4 atom stereocenters. The predicted molar refractivity (Wildman–Crippen MR) is 142 cm³/mol. The van der Waals surface area contributed by atoms with Crippen LogP contribution in [0.1, 0.15) is 35.2 Å². The Morgan fingerprint density at radius 2 is 1.66 bits per heavy atom. The van der Waals surface area contributed by atoms with E-state index < -0.39 is 11.9 Å². The SMILES string of the molecule is COc1ccc(Br)c(OC)c1C(=O)NC1CC2CC(O)C(C1)N2Cc1ccccc1.O=C(O)/C=C/C(=O)O. The number of amides is 1. The minimum Gasteiger partial charge on any atom is -0.496 e. The summed E-state index contributed by atoms with van der Waals surface area (Å²) in [7, 11) is 3.08. The zero-order chi connectivity index (χ0) is 27.8. The summed E-state index contributed by atoms with van der Waals surface area (Å²) in [6.45, 7) is 0.821. The van der Waals surface area contributed by atoms with Crippen molar-refractivity contribution in [3.8, 4) is 11.5 Å². The number of aliphatic hydroxyl groups is 1. The summed E-state index contributed by atoms with van der Waals surface area (Å²) in [5.41, 5.74) is 1.63. The number of carbonyl (C=O) groups excluding carboxylic acids is 1. The van der Waals surface area contributed by atoms with Gasteiger partial charge in [0.2, 0.25) is 0 Å². The second-order valence-corrected chi connectivity index (χ2v) is 9.85. The van der Waals surface area contributed by atoms with Crippen molar-refractivity contribution in [2.24, 2.45) is 0 Å². The molecule has 2 bridgehead atoms. The zero-order valence-corrected chi connectivity index (χ0v) is 22.6. The van der Waals surface area contributed by atoms with Crippen LogP contribution in [0.3, 0.4) is 0 Å². The average Bonchev–Trinajstić information content (AvgIpc) is 3.05. The Bertz CT molecular complexity index is 1160. The third-order valence-corrected chi connectivity index (χ3v) is 7.19. The first-order valence-corrected chi connectivity index (χ1v) is 12.8. The molecule has 2 aliphatic rings. The van der Waals surface area contributed by atoms with E-state index in [1.807, 2.05) is 18.2 Å². The standard InChI is InChI=1S/C23H27BrN2O4.C4H4O4/c1-29-20-9-8-17(24)22(30-2)21(20)23(28)25-15-10-16-12-19(27)18(11-15)26(16)13-14-6-4-3-5-7-14;5-3(6)1-2-4(7)8/h3-9,15-16,18-19,27H,10-13H2,1-2H3,(H,25,28);1-2H,(H,5,6)(H,7,8)/b;2-1+. The lowest BCUT2D eigenvalue weighted by Gasteiger charge is -2.39. The van der Waals surface area contributed by atoms with Crippen molar-refractivity contribution < 1.29 is 39.2 Å². The summed E-state index contributed by atoms with van der Waals surface area (Å²) in [4.78, 5) is 34.6. The van der Waals surface area contributed by atoms with Gasteiger partial charge in [-0.25, -0.2) is 9.59 Å². The van der Waals surface area contributed by atoms with Crippen LogP contribution in [-0.2, 0) is 16.1 Å². The highest BCUT2D eigenvalue weighted by molar-refractivity contribution is 9.10. The van der Waals surface area contributed by atoms with Crippen molar-refractivity contribution in [1.82, 2.24) is 10.2 Å². The molecular weight excluding hydrogens is 560 g/mol. The first kappa shape index (κ1) is 29.2. The van der Waals surface area contributed by atoms with E-state index in [4.69, 9.17) is 19.7 Å². The van der Waals surface area contributed by atoms with Crippen molar-refractivity contribution in [2.45, 2.75) is 50.0 Å². The number of aliphatic hydroxyl groups excluding tert-OH is 1. The van der Waals surface area contributed by atoms with Gasteiger partial charge in [0, 0.05) is 36.8 Å². The normalized spacial score (nSPS) is 22.3. The number of piperidine rings is 1. The van der Waals surface area contributed by atoms with Gasteiger partial charge in [0.15, 0.2) is 0 Å². The van der Waals surface area contributed by atoms with Crippen LogP contribution in [0.4, 0.5) is 0 Å². The summed E-state index contributed by atoms with van der Waals surface area (Å²) in [5.74, 6) is -1.81. The summed E-state index contributed by atoms with van der Waals surface area (Å²) < 4.78 is 11.5.